The number of ether oxygens (including phenoxy) is 1. The largest absolute Gasteiger partial charge is 0.491 e. The number of hydrogen-bond acceptors (Lipinski definition) is 4. The van der Waals surface area contributed by atoms with Crippen LogP contribution in [0.2, 0.25) is 0 Å². The predicted molar refractivity (Wildman–Crippen MR) is 92.5 cm³/mol. The van der Waals surface area contributed by atoms with Crippen molar-refractivity contribution in [2.24, 2.45) is 0 Å². The van der Waals surface area contributed by atoms with Crippen LogP contribution in [0.25, 0.3) is 0 Å². The van der Waals surface area contributed by atoms with Gasteiger partial charge in [0.2, 0.25) is 10.0 Å². The Labute approximate surface area is 140 Å². The number of hydrogen-bond donors (Lipinski definition) is 2. The normalized spacial score (nSPS) is 11.3. The summed E-state index contributed by atoms with van der Waals surface area (Å²) in [4.78, 5) is 0.270. The molecule has 7 heteroatoms. The van der Waals surface area contributed by atoms with Crippen molar-refractivity contribution in [3.63, 3.8) is 0 Å². The van der Waals surface area contributed by atoms with Gasteiger partial charge in [-0.25, -0.2) is 13.1 Å². The van der Waals surface area contributed by atoms with E-state index in [4.69, 9.17) is 4.74 Å². The van der Waals surface area contributed by atoms with Gasteiger partial charge in [0.05, 0.1) is 11.0 Å². The van der Waals surface area contributed by atoms with Gasteiger partial charge in [0.15, 0.2) is 0 Å². The van der Waals surface area contributed by atoms with E-state index in [0.717, 1.165) is 18.5 Å². The van der Waals surface area contributed by atoms with Crippen molar-refractivity contribution in [3.8, 4) is 5.75 Å². The third-order valence-corrected chi connectivity index (χ3v) is 4.30. The molecule has 2 N–H and O–H groups in total. The van der Waals surface area contributed by atoms with Gasteiger partial charge in [0, 0.05) is 13.1 Å². The van der Waals surface area contributed by atoms with Crippen LogP contribution >= 0.6 is 12.4 Å². The molecule has 0 aliphatic heterocycles. The molecular weight excluding hydrogens is 324 g/mol. The summed E-state index contributed by atoms with van der Waals surface area (Å²) >= 11 is 0. The molecule has 0 aliphatic carbocycles. The molecule has 0 heterocycles. The van der Waals surface area contributed by atoms with Gasteiger partial charge in [-0.15, -0.1) is 12.4 Å². The first-order chi connectivity index (χ1) is 9.86. The topological polar surface area (TPSA) is 67.4 Å². The molecule has 0 spiro atoms. The van der Waals surface area contributed by atoms with E-state index in [1.54, 1.807) is 18.2 Å². The second-order valence-electron chi connectivity index (χ2n) is 5.24. The summed E-state index contributed by atoms with van der Waals surface area (Å²) in [7, 11) is -3.46. The van der Waals surface area contributed by atoms with Crippen molar-refractivity contribution in [1.29, 1.82) is 0 Å². The Morgan fingerprint density at radius 1 is 1.18 bits per heavy atom. The molecule has 5 nitrogen and oxygen atoms in total. The first-order valence-corrected chi connectivity index (χ1v) is 8.83. The second-order valence-corrected chi connectivity index (χ2v) is 7.01. The van der Waals surface area contributed by atoms with Crippen molar-refractivity contribution >= 4 is 22.4 Å². The van der Waals surface area contributed by atoms with Crippen molar-refractivity contribution in [2.45, 2.75) is 45.1 Å². The number of halogens is 1. The summed E-state index contributed by atoms with van der Waals surface area (Å²) in [6, 6.07) is 4.92. The summed E-state index contributed by atoms with van der Waals surface area (Å²) in [5, 5.41) is 3.15. The Kier molecular flexibility index (Phi) is 9.67. The summed E-state index contributed by atoms with van der Waals surface area (Å²) in [6.45, 7) is 9.69. The van der Waals surface area contributed by atoms with Crippen LogP contribution in [0, 0.1) is 6.92 Å². The smallest absolute Gasteiger partial charge is 0.240 e. The average molecular weight is 351 g/mol. The van der Waals surface area contributed by atoms with Crippen LogP contribution in [0.4, 0.5) is 0 Å². The quantitative estimate of drug-likeness (QED) is 0.671. The van der Waals surface area contributed by atoms with E-state index < -0.39 is 10.0 Å². The van der Waals surface area contributed by atoms with Crippen LogP contribution < -0.4 is 14.8 Å². The van der Waals surface area contributed by atoms with Gasteiger partial charge in [0.1, 0.15) is 5.75 Å². The molecule has 22 heavy (non-hydrogen) atoms. The standard InChI is InChI=1S/C15H26N2O3S.ClH/c1-5-8-16-9-10-17-21(18,19)14-6-7-15(13(4)11-14)20-12(2)3;/h6-7,11-12,16-17H,5,8-10H2,1-4H3;1H. The molecule has 0 saturated heterocycles. The average Bonchev–Trinajstić information content (AvgIpc) is 2.40. The minimum absolute atomic E-state index is 0. The van der Waals surface area contributed by atoms with Crippen LogP contribution in [-0.4, -0.2) is 34.2 Å². The summed E-state index contributed by atoms with van der Waals surface area (Å²) in [5.41, 5.74) is 0.815. The highest BCUT2D eigenvalue weighted by molar-refractivity contribution is 7.89. The van der Waals surface area contributed by atoms with Gasteiger partial charge >= 0.3 is 0 Å². The van der Waals surface area contributed by atoms with Crippen LogP contribution in [0.5, 0.6) is 5.75 Å². The highest BCUT2D eigenvalue weighted by Crippen LogP contribution is 2.22. The number of aryl methyl sites for hydroxylation is 1. The van der Waals surface area contributed by atoms with Gasteiger partial charge in [-0.3, -0.25) is 0 Å². The molecule has 0 unspecified atom stereocenters. The molecule has 0 radical (unpaired) electrons. The van der Waals surface area contributed by atoms with Gasteiger partial charge in [-0.05, 0) is 57.5 Å². The first-order valence-electron chi connectivity index (χ1n) is 7.34. The SMILES string of the molecule is CCCNCCNS(=O)(=O)c1ccc(OC(C)C)c(C)c1.Cl. The predicted octanol–water partition coefficient (Wildman–Crippen LogP) is 2.48. The zero-order chi connectivity index (χ0) is 15.9. The van der Waals surface area contributed by atoms with E-state index in [1.807, 2.05) is 20.8 Å². The Morgan fingerprint density at radius 3 is 2.41 bits per heavy atom. The highest BCUT2D eigenvalue weighted by atomic mass is 35.5. The molecule has 0 amide bonds. The fraction of sp³-hybridized carbons (Fsp3) is 0.600. The first kappa shape index (κ1) is 21.2. The van der Waals surface area contributed by atoms with Gasteiger partial charge in [-0.1, -0.05) is 6.92 Å². The molecule has 1 rings (SSSR count). The molecule has 0 aromatic heterocycles. The summed E-state index contributed by atoms with van der Waals surface area (Å²) in [6.07, 6.45) is 1.09. The molecule has 0 bridgehead atoms. The second kappa shape index (κ2) is 10.0. The maximum absolute atomic E-state index is 12.2. The van der Waals surface area contributed by atoms with E-state index in [-0.39, 0.29) is 23.4 Å². The Bertz CT molecular complexity index is 548. The monoisotopic (exact) mass is 350 g/mol. The lowest BCUT2D eigenvalue weighted by atomic mass is 10.2. The third-order valence-electron chi connectivity index (χ3n) is 2.84. The lowest BCUT2D eigenvalue weighted by Gasteiger charge is -2.14. The van der Waals surface area contributed by atoms with E-state index in [9.17, 15) is 8.42 Å². The van der Waals surface area contributed by atoms with Crippen molar-refractivity contribution < 1.29 is 13.2 Å². The Hall–Kier alpha value is -0.820. The maximum Gasteiger partial charge on any atom is 0.240 e. The molecule has 0 aliphatic rings. The number of nitrogens with one attached hydrogen (secondary N) is 2. The number of sulfonamides is 1. The Balaban J connectivity index is 0.00000441. The minimum Gasteiger partial charge on any atom is -0.491 e. The fourth-order valence-corrected chi connectivity index (χ4v) is 2.95. The molecule has 0 saturated carbocycles. The van der Waals surface area contributed by atoms with Crippen LogP contribution in [-0.2, 0) is 10.0 Å². The lowest BCUT2D eigenvalue weighted by Crippen LogP contribution is -2.32. The van der Waals surface area contributed by atoms with E-state index in [1.165, 1.54) is 0 Å². The zero-order valence-electron chi connectivity index (χ0n) is 13.7. The molecule has 1 aromatic rings. The van der Waals surface area contributed by atoms with Crippen molar-refractivity contribution in [3.05, 3.63) is 23.8 Å². The fourth-order valence-electron chi connectivity index (χ4n) is 1.83. The number of rotatable bonds is 9. The summed E-state index contributed by atoms with van der Waals surface area (Å²) < 4.78 is 32.5. The number of benzene rings is 1. The zero-order valence-corrected chi connectivity index (χ0v) is 15.3. The van der Waals surface area contributed by atoms with Gasteiger partial charge in [0.25, 0.3) is 0 Å². The van der Waals surface area contributed by atoms with E-state index >= 15 is 0 Å². The maximum atomic E-state index is 12.2. The van der Waals surface area contributed by atoms with Gasteiger partial charge < -0.3 is 10.1 Å². The molecule has 0 atom stereocenters. The van der Waals surface area contributed by atoms with Gasteiger partial charge in [-0.2, -0.15) is 0 Å². The molecule has 1 aromatic carbocycles. The van der Waals surface area contributed by atoms with Crippen LogP contribution in [0.15, 0.2) is 23.1 Å². The molecular formula is C15H27ClN2O3S. The van der Waals surface area contributed by atoms with E-state index in [0.29, 0.717) is 18.8 Å². The van der Waals surface area contributed by atoms with E-state index in [2.05, 4.69) is 17.0 Å². The van der Waals surface area contributed by atoms with Crippen LogP contribution in [0.3, 0.4) is 0 Å². The van der Waals surface area contributed by atoms with Crippen molar-refractivity contribution in [1.82, 2.24) is 10.0 Å². The molecule has 128 valence electrons. The Morgan fingerprint density at radius 2 is 1.86 bits per heavy atom. The summed E-state index contributed by atoms with van der Waals surface area (Å²) in [5.74, 6) is 0.716. The van der Waals surface area contributed by atoms with Crippen molar-refractivity contribution in [2.75, 3.05) is 19.6 Å². The minimum atomic E-state index is -3.46. The highest BCUT2D eigenvalue weighted by Gasteiger charge is 2.15. The van der Waals surface area contributed by atoms with Crippen LogP contribution in [0.1, 0.15) is 32.8 Å². The lowest BCUT2D eigenvalue weighted by molar-refractivity contribution is 0.240. The third kappa shape index (κ3) is 6.96. The molecule has 0 fully saturated rings.